The van der Waals surface area contributed by atoms with E-state index in [9.17, 15) is 4.79 Å². The van der Waals surface area contributed by atoms with Gasteiger partial charge in [0.25, 0.3) is 0 Å². The van der Waals surface area contributed by atoms with Crippen LogP contribution >= 0.6 is 0 Å². The third-order valence-electron chi connectivity index (χ3n) is 3.02. The molecule has 6 nitrogen and oxygen atoms in total. The highest BCUT2D eigenvalue weighted by atomic mass is 16.5. The molecule has 0 bridgehead atoms. The number of aryl methyl sites for hydroxylation is 1. The summed E-state index contributed by atoms with van der Waals surface area (Å²) in [6.07, 6.45) is 3.53. The number of hydrogen-bond acceptors (Lipinski definition) is 4. The fraction of sp³-hybridized carbons (Fsp3) is 0.400. The molecule has 2 heterocycles. The van der Waals surface area contributed by atoms with E-state index >= 15 is 0 Å². The smallest absolute Gasteiger partial charge is 0.246 e. The number of ether oxygens (including phenoxy) is 1. The van der Waals surface area contributed by atoms with Crippen molar-refractivity contribution in [2.75, 3.05) is 19.8 Å². The number of rotatable bonds is 7. The summed E-state index contributed by atoms with van der Waals surface area (Å²) in [6, 6.07) is 5.87. The Morgan fingerprint density at radius 2 is 2.33 bits per heavy atom. The molecular weight excluding hydrogens is 268 g/mol. The van der Waals surface area contributed by atoms with Crippen molar-refractivity contribution < 1.29 is 9.53 Å². The van der Waals surface area contributed by atoms with E-state index in [0.717, 1.165) is 17.0 Å². The maximum absolute atomic E-state index is 11.4. The Balaban J connectivity index is 1.90. The van der Waals surface area contributed by atoms with Crippen molar-refractivity contribution in [3.05, 3.63) is 36.3 Å². The lowest BCUT2D eigenvalue weighted by Crippen LogP contribution is -2.31. The van der Waals surface area contributed by atoms with Crippen LogP contribution in [0.15, 0.2) is 30.6 Å². The second-order valence-electron chi connectivity index (χ2n) is 4.62. The Bertz CT molecular complexity index is 581. The molecule has 0 unspecified atom stereocenters. The number of hydrogen-bond donors (Lipinski definition) is 1. The van der Waals surface area contributed by atoms with Crippen molar-refractivity contribution in [2.45, 2.75) is 20.4 Å². The predicted molar refractivity (Wildman–Crippen MR) is 79.7 cm³/mol. The van der Waals surface area contributed by atoms with E-state index in [1.165, 1.54) is 0 Å². The second-order valence-corrected chi connectivity index (χ2v) is 4.62. The van der Waals surface area contributed by atoms with Gasteiger partial charge < -0.3 is 10.1 Å². The van der Waals surface area contributed by atoms with Crippen LogP contribution in [0.3, 0.4) is 0 Å². The molecule has 0 spiro atoms. The molecule has 0 saturated carbocycles. The molecule has 2 aromatic heterocycles. The molecule has 0 saturated heterocycles. The number of nitrogens with one attached hydrogen (secondary N) is 1. The van der Waals surface area contributed by atoms with Crippen LogP contribution in [-0.4, -0.2) is 40.4 Å². The van der Waals surface area contributed by atoms with Gasteiger partial charge in [0.05, 0.1) is 12.2 Å². The normalized spacial score (nSPS) is 10.6. The van der Waals surface area contributed by atoms with Crippen molar-refractivity contribution in [1.82, 2.24) is 20.1 Å². The van der Waals surface area contributed by atoms with Crippen molar-refractivity contribution in [3.63, 3.8) is 0 Å². The van der Waals surface area contributed by atoms with Gasteiger partial charge in [-0.25, -0.2) is 0 Å². The van der Waals surface area contributed by atoms with E-state index in [4.69, 9.17) is 4.74 Å². The third kappa shape index (κ3) is 4.39. The lowest BCUT2D eigenvalue weighted by molar-refractivity contribution is -0.125. The molecule has 0 radical (unpaired) electrons. The van der Waals surface area contributed by atoms with Gasteiger partial charge in [-0.1, -0.05) is 0 Å². The monoisotopic (exact) mass is 288 g/mol. The molecule has 6 heteroatoms. The zero-order valence-electron chi connectivity index (χ0n) is 12.4. The highest BCUT2D eigenvalue weighted by molar-refractivity contribution is 5.77. The van der Waals surface area contributed by atoms with Crippen LogP contribution in [0.2, 0.25) is 0 Å². The van der Waals surface area contributed by atoms with Gasteiger partial charge in [0.15, 0.2) is 0 Å². The Kier molecular flexibility index (Phi) is 5.45. The first-order valence-corrected chi connectivity index (χ1v) is 7.00. The van der Waals surface area contributed by atoms with Crippen molar-refractivity contribution in [3.8, 4) is 11.3 Å². The molecule has 2 aromatic rings. The molecule has 112 valence electrons. The first-order valence-electron chi connectivity index (χ1n) is 7.00. The summed E-state index contributed by atoms with van der Waals surface area (Å²) in [6.45, 7) is 5.66. The number of carbonyl (C=O) groups excluding carboxylic acids is 1. The van der Waals surface area contributed by atoms with Crippen LogP contribution < -0.4 is 5.32 Å². The summed E-state index contributed by atoms with van der Waals surface area (Å²) in [5.74, 6) is -0.103. The summed E-state index contributed by atoms with van der Waals surface area (Å²) in [4.78, 5) is 15.5. The molecule has 0 aliphatic rings. The highest BCUT2D eigenvalue weighted by Gasteiger charge is 2.07. The van der Waals surface area contributed by atoms with E-state index in [2.05, 4.69) is 15.4 Å². The topological polar surface area (TPSA) is 69.0 Å². The van der Waals surface area contributed by atoms with E-state index in [1.54, 1.807) is 12.4 Å². The molecule has 1 amide bonds. The van der Waals surface area contributed by atoms with E-state index < -0.39 is 0 Å². The van der Waals surface area contributed by atoms with Gasteiger partial charge in [0.1, 0.15) is 6.61 Å². The van der Waals surface area contributed by atoms with Crippen LogP contribution in [-0.2, 0) is 16.1 Å². The van der Waals surface area contributed by atoms with E-state index in [-0.39, 0.29) is 12.5 Å². The first-order chi connectivity index (χ1) is 10.2. The number of amides is 1. The standard InChI is InChI=1S/C15H20N4O2/c1-3-21-11-15(20)17-7-8-19-12(2)9-14(18-19)13-5-4-6-16-10-13/h4-6,9-10H,3,7-8,11H2,1-2H3,(H,17,20). The third-order valence-corrected chi connectivity index (χ3v) is 3.02. The molecule has 0 fully saturated rings. The van der Waals surface area contributed by atoms with E-state index in [1.807, 2.05) is 36.7 Å². The van der Waals surface area contributed by atoms with Crippen LogP contribution in [0.1, 0.15) is 12.6 Å². The Morgan fingerprint density at radius 3 is 3.05 bits per heavy atom. The van der Waals surface area contributed by atoms with Crippen LogP contribution in [0.4, 0.5) is 0 Å². The number of aromatic nitrogens is 3. The van der Waals surface area contributed by atoms with Gasteiger partial charge >= 0.3 is 0 Å². The highest BCUT2D eigenvalue weighted by Crippen LogP contribution is 2.17. The molecule has 0 aromatic carbocycles. The lowest BCUT2D eigenvalue weighted by atomic mass is 10.2. The molecular formula is C15H20N4O2. The summed E-state index contributed by atoms with van der Waals surface area (Å²) >= 11 is 0. The van der Waals surface area contributed by atoms with Gasteiger partial charge in [0, 0.05) is 36.8 Å². The molecule has 0 atom stereocenters. The van der Waals surface area contributed by atoms with Gasteiger partial charge in [0.2, 0.25) is 5.91 Å². The predicted octanol–water partition coefficient (Wildman–Crippen LogP) is 1.41. The Morgan fingerprint density at radius 1 is 1.48 bits per heavy atom. The average molecular weight is 288 g/mol. The SMILES string of the molecule is CCOCC(=O)NCCn1nc(-c2cccnc2)cc1C. The fourth-order valence-electron chi connectivity index (χ4n) is 1.94. The molecule has 1 N–H and O–H groups in total. The molecule has 0 aliphatic carbocycles. The molecule has 2 rings (SSSR count). The second kappa shape index (κ2) is 7.54. The Hall–Kier alpha value is -2.21. The zero-order valence-corrected chi connectivity index (χ0v) is 12.4. The van der Waals surface area contributed by atoms with Crippen LogP contribution in [0.5, 0.6) is 0 Å². The van der Waals surface area contributed by atoms with Crippen molar-refractivity contribution in [2.24, 2.45) is 0 Å². The largest absolute Gasteiger partial charge is 0.372 e. The zero-order chi connectivity index (χ0) is 15.1. The summed E-state index contributed by atoms with van der Waals surface area (Å²) in [7, 11) is 0. The quantitative estimate of drug-likeness (QED) is 0.836. The lowest BCUT2D eigenvalue weighted by Gasteiger charge is -2.06. The van der Waals surface area contributed by atoms with Gasteiger partial charge in [-0.05, 0) is 32.0 Å². The first kappa shape index (κ1) is 15.2. The van der Waals surface area contributed by atoms with Gasteiger partial charge in [-0.2, -0.15) is 5.10 Å². The minimum absolute atomic E-state index is 0.103. The number of nitrogens with zero attached hydrogens (tertiary/aromatic N) is 3. The van der Waals surface area contributed by atoms with Gasteiger partial charge in [-0.3, -0.25) is 14.5 Å². The minimum Gasteiger partial charge on any atom is -0.372 e. The summed E-state index contributed by atoms with van der Waals surface area (Å²) in [5.41, 5.74) is 2.92. The summed E-state index contributed by atoms with van der Waals surface area (Å²) < 4.78 is 6.92. The van der Waals surface area contributed by atoms with E-state index in [0.29, 0.717) is 19.7 Å². The molecule has 0 aliphatic heterocycles. The maximum Gasteiger partial charge on any atom is 0.246 e. The van der Waals surface area contributed by atoms with Crippen molar-refractivity contribution >= 4 is 5.91 Å². The maximum atomic E-state index is 11.4. The van der Waals surface area contributed by atoms with Crippen molar-refractivity contribution in [1.29, 1.82) is 0 Å². The van der Waals surface area contributed by atoms with Gasteiger partial charge in [-0.15, -0.1) is 0 Å². The van der Waals surface area contributed by atoms with Crippen LogP contribution in [0.25, 0.3) is 11.3 Å². The number of pyridine rings is 1. The number of carbonyl (C=O) groups is 1. The minimum atomic E-state index is -0.103. The fourth-order valence-corrected chi connectivity index (χ4v) is 1.94. The van der Waals surface area contributed by atoms with Crippen LogP contribution in [0, 0.1) is 6.92 Å². The average Bonchev–Trinajstić information content (AvgIpc) is 2.87. The molecule has 21 heavy (non-hydrogen) atoms. The Labute approximate surface area is 124 Å². The summed E-state index contributed by atoms with van der Waals surface area (Å²) in [5, 5.41) is 7.34.